The minimum atomic E-state index is -0.194. The van der Waals surface area contributed by atoms with E-state index >= 15 is 0 Å². The van der Waals surface area contributed by atoms with Gasteiger partial charge in [0.1, 0.15) is 11.0 Å². The maximum atomic E-state index is 13.2. The summed E-state index contributed by atoms with van der Waals surface area (Å²) in [6.45, 7) is 0.443. The molecule has 1 N–H and O–H groups in total. The summed E-state index contributed by atoms with van der Waals surface area (Å²) in [5, 5.41) is 6.15. The summed E-state index contributed by atoms with van der Waals surface area (Å²) >= 11 is 1.58. The summed E-state index contributed by atoms with van der Waals surface area (Å²) in [4.78, 5) is 20.1. The number of fused-ring (bicyclic) bond motifs is 1. The molecule has 0 bridgehead atoms. The Labute approximate surface area is 175 Å². The Hall–Kier alpha value is -2.50. The molecule has 1 fully saturated rings. The van der Waals surface area contributed by atoms with Gasteiger partial charge in [-0.3, -0.25) is 9.69 Å². The van der Waals surface area contributed by atoms with Crippen LogP contribution in [-0.2, 0) is 11.2 Å². The highest BCUT2D eigenvalue weighted by atomic mass is 32.1. The van der Waals surface area contributed by atoms with Crippen molar-refractivity contribution in [2.75, 3.05) is 6.54 Å². The van der Waals surface area contributed by atoms with Gasteiger partial charge in [-0.2, -0.15) is 0 Å². The number of thiazole rings is 1. The third-order valence-corrected chi connectivity index (χ3v) is 6.82. The van der Waals surface area contributed by atoms with Crippen molar-refractivity contribution in [1.82, 2.24) is 15.2 Å². The molecule has 4 nitrogen and oxygen atoms in total. The highest BCUT2D eigenvalue weighted by Crippen LogP contribution is 2.41. The highest BCUT2D eigenvalue weighted by Gasteiger charge is 2.38. The quantitative estimate of drug-likeness (QED) is 0.632. The maximum Gasteiger partial charge on any atom is 0.235 e. The Balaban J connectivity index is 1.34. The summed E-state index contributed by atoms with van der Waals surface area (Å²) in [5.74, 6) is 0.0744. The molecule has 2 unspecified atom stereocenters. The fourth-order valence-electron chi connectivity index (χ4n) is 4.46. The molecule has 148 valence electrons. The van der Waals surface area contributed by atoms with Gasteiger partial charge in [0.25, 0.3) is 0 Å². The third-order valence-electron chi connectivity index (χ3n) is 5.98. The Morgan fingerprint density at radius 1 is 1.10 bits per heavy atom. The van der Waals surface area contributed by atoms with Crippen molar-refractivity contribution < 1.29 is 4.79 Å². The molecule has 0 aliphatic heterocycles. The van der Waals surface area contributed by atoms with E-state index in [1.165, 1.54) is 24.0 Å². The van der Waals surface area contributed by atoms with Crippen LogP contribution in [0.2, 0.25) is 0 Å². The largest absolute Gasteiger partial charge is 0.342 e. The fraction of sp³-hybridized carbons (Fsp3) is 0.333. The summed E-state index contributed by atoms with van der Waals surface area (Å²) in [6, 6.07) is 19.5. The van der Waals surface area contributed by atoms with Crippen LogP contribution < -0.4 is 5.32 Å². The average molecular weight is 404 g/mol. The van der Waals surface area contributed by atoms with Gasteiger partial charge < -0.3 is 5.32 Å². The van der Waals surface area contributed by atoms with Crippen molar-refractivity contribution in [3.05, 3.63) is 87.9 Å². The maximum absolute atomic E-state index is 13.2. The van der Waals surface area contributed by atoms with E-state index in [4.69, 9.17) is 0 Å². The number of carbonyl (C=O) groups is 1. The van der Waals surface area contributed by atoms with Gasteiger partial charge in [-0.25, -0.2) is 4.98 Å². The first kappa shape index (κ1) is 18.5. The second-order valence-corrected chi connectivity index (χ2v) is 8.86. The average Bonchev–Trinajstić information content (AvgIpc) is 3.28. The van der Waals surface area contributed by atoms with Crippen molar-refractivity contribution in [3.8, 4) is 0 Å². The first-order chi connectivity index (χ1) is 14.3. The van der Waals surface area contributed by atoms with Gasteiger partial charge in [0.05, 0.1) is 6.54 Å². The number of aromatic nitrogens is 1. The molecule has 0 radical (unpaired) electrons. The topological polar surface area (TPSA) is 45.2 Å². The monoisotopic (exact) mass is 403 g/mol. The molecular weight excluding hydrogens is 378 g/mol. The lowest BCUT2D eigenvalue weighted by atomic mass is 10.1. The zero-order chi connectivity index (χ0) is 19.6. The molecule has 29 heavy (non-hydrogen) atoms. The number of benzene rings is 2. The molecule has 3 aromatic rings. The molecule has 2 aromatic carbocycles. The van der Waals surface area contributed by atoms with Crippen LogP contribution in [0.4, 0.5) is 0 Å². The number of amides is 1. The van der Waals surface area contributed by atoms with E-state index in [0.717, 1.165) is 23.4 Å². The molecule has 0 saturated heterocycles. The number of nitrogens with zero attached hydrogens (tertiary/aromatic N) is 2. The van der Waals surface area contributed by atoms with Crippen LogP contribution in [0.25, 0.3) is 0 Å². The molecule has 0 spiro atoms. The number of carbonyl (C=O) groups excluding carboxylic acids is 1. The van der Waals surface area contributed by atoms with Crippen LogP contribution in [-0.4, -0.2) is 28.4 Å². The van der Waals surface area contributed by atoms with Gasteiger partial charge in [-0.1, -0.05) is 54.6 Å². The van der Waals surface area contributed by atoms with Crippen molar-refractivity contribution in [2.45, 2.75) is 43.8 Å². The molecular formula is C24H25N3OS. The van der Waals surface area contributed by atoms with Crippen molar-refractivity contribution in [1.29, 1.82) is 0 Å². The van der Waals surface area contributed by atoms with Gasteiger partial charge in [-0.15, -0.1) is 11.3 Å². The molecule has 2 atom stereocenters. The molecule has 1 heterocycles. The lowest BCUT2D eigenvalue weighted by Gasteiger charge is -2.30. The van der Waals surface area contributed by atoms with Gasteiger partial charge in [-0.05, 0) is 42.4 Å². The summed E-state index contributed by atoms with van der Waals surface area (Å²) in [6.07, 6.45) is 6.41. The van der Waals surface area contributed by atoms with E-state index in [1.54, 1.807) is 17.5 Å². The Bertz CT molecular complexity index is 969. The molecule has 5 heteroatoms. The summed E-state index contributed by atoms with van der Waals surface area (Å²) < 4.78 is 0. The Morgan fingerprint density at radius 3 is 2.66 bits per heavy atom. The van der Waals surface area contributed by atoms with E-state index in [9.17, 15) is 4.79 Å². The Morgan fingerprint density at radius 2 is 1.90 bits per heavy atom. The number of hydrogen-bond donors (Lipinski definition) is 1. The van der Waals surface area contributed by atoms with E-state index in [0.29, 0.717) is 18.6 Å². The van der Waals surface area contributed by atoms with Gasteiger partial charge in [0, 0.05) is 23.7 Å². The predicted molar refractivity (Wildman–Crippen MR) is 116 cm³/mol. The lowest BCUT2D eigenvalue weighted by molar-refractivity contribution is -0.123. The van der Waals surface area contributed by atoms with Gasteiger partial charge in [0.15, 0.2) is 0 Å². The van der Waals surface area contributed by atoms with Crippen LogP contribution >= 0.6 is 11.3 Å². The van der Waals surface area contributed by atoms with Crippen LogP contribution in [0.5, 0.6) is 0 Å². The highest BCUT2D eigenvalue weighted by molar-refractivity contribution is 7.09. The minimum absolute atomic E-state index is 0.0744. The zero-order valence-corrected chi connectivity index (χ0v) is 17.1. The predicted octanol–water partition coefficient (Wildman–Crippen LogP) is 4.50. The first-order valence-corrected chi connectivity index (χ1v) is 11.2. The SMILES string of the molecule is O=C(CN(C1CC1)C1CCc2ccccc21)NC(c1ccccc1)c1nccs1. The van der Waals surface area contributed by atoms with E-state index in [-0.39, 0.29) is 11.9 Å². The number of aryl methyl sites for hydroxylation is 1. The standard InChI is InChI=1S/C24H25N3OS/c28-22(26-23(24-25-14-15-29-24)18-7-2-1-3-8-18)16-27(19-11-12-19)21-13-10-17-6-4-5-9-20(17)21/h1-9,14-15,19,21,23H,10-13,16H2,(H,26,28). The van der Waals surface area contributed by atoms with Crippen molar-refractivity contribution in [2.24, 2.45) is 0 Å². The number of nitrogens with one attached hydrogen (secondary N) is 1. The minimum Gasteiger partial charge on any atom is -0.342 e. The zero-order valence-electron chi connectivity index (χ0n) is 16.3. The first-order valence-electron chi connectivity index (χ1n) is 10.4. The van der Waals surface area contributed by atoms with Crippen LogP contribution in [0.1, 0.15) is 53.0 Å². The molecule has 5 rings (SSSR count). The smallest absolute Gasteiger partial charge is 0.235 e. The molecule has 2 aliphatic carbocycles. The van der Waals surface area contributed by atoms with E-state index in [2.05, 4.69) is 51.6 Å². The van der Waals surface area contributed by atoms with E-state index in [1.807, 2.05) is 23.6 Å². The van der Waals surface area contributed by atoms with Crippen LogP contribution in [0.3, 0.4) is 0 Å². The molecule has 1 aromatic heterocycles. The molecule has 1 amide bonds. The fourth-order valence-corrected chi connectivity index (χ4v) is 5.18. The normalized spacial score (nSPS) is 19.1. The second-order valence-electron chi connectivity index (χ2n) is 7.94. The lowest BCUT2D eigenvalue weighted by Crippen LogP contribution is -2.41. The number of hydrogen-bond acceptors (Lipinski definition) is 4. The van der Waals surface area contributed by atoms with Crippen LogP contribution in [0, 0.1) is 0 Å². The van der Waals surface area contributed by atoms with E-state index < -0.39 is 0 Å². The Kier molecular flexibility index (Phi) is 5.17. The molecule has 2 aliphatic rings. The molecule has 1 saturated carbocycles. The van der Waals surface area contributed by atoms with Crippen molar-refractivity contribution >= 4 is 17.2 Å². The second kappa shape index (κ2) is 8.09. The third kappa shape index (κ3) is 3.98. The number of rotatable bonds is 7. The summed E-state index contributed by atoms with van der Waals surface area (Å²) in [5.41, 5.74) is 3.92. The van der Waals surface area contributed by atoms with Gasteiger partial charge >= 0.3 is 0 Å². The van der Waals surface area contributed by atoms with Gasteiger partial charge in [0.2, 0.25) is 5.91 Å². The van der Waals surface area contributed by atoms with Crippen LogP contribution in [0.15, 0.2) is 66.2 Å². The summed E-state index contributed by atoms with van der Waals surface area (Å²) in [7, 11) is 0. The van der Waals surface area contributed by atoms with Crippen molar-refractivity contribution in [3.63, 3.8) is 0 Å².